The molecule has 0 saturated carbocycles. The zero-order chi connectivity index (χ0) is 20.8. The minimum Gasteiger partial charge on any atom is -0.457 e. The molecule has 1 aliphatic heterocycles. The quantitative estimate of drug-likeness (QED) is 0.544. The van der Waals surface area contributed by atoms with Crippen LogP contribution < -0.4 is 11.2 Å². The number of carbonyl (C=O) groups excluding carboxylic acids is 1. The molecular formula is C16H11ClF4N2O4S. The first-order chi connectivity index (χ1) is 13.0. The highest BCUT2D eigenvalue weighted by atomic mass is 35.5. The van der Waals surface area contributed by atoms with Crippen molar-refractivity contribution < 1.29 is 27.1 Å². The standard InChI is InChI=1S/C16H11ClF4N2O4S/c1-22-12(16(19,20)21)4-13(24)23(15(22)26)11-2-8(9(17)3-10(11)18)14(25)27-7-5-28-6-7/h2-4,7H,5-6H2,1H3. The van der Waals surface area contributed by atoms with Gasteiger partial charge in [-0.1, -0.05) is 11.6 Å². The Morgan fingerprint density at radius 2 is 1.89 bits per heavy atom. The summed E-state index contributed by atoms with van der Waals surface area (Å²) in [6.07, 6.45) is -5.30. The number of aromatic nitrogens is 2. The lowest BCUT2D eigenvalue weighted by atomic mass is 10.2. The molecule has 28 heavy (non-hydrogen) atoms. The van der Waals surface area contributed by atoms with Crippen molar-refractivity contribution >= 4 is 29.3 Å². The van der Waals surface area contributed by atoms with Crippen LogP contribution in [0.4, 0.5) is 17.6 Å². The van der Waals surface area contributed by atoms with Crippen LogP contribution in [0.5, 0.6) is 0 Å². The van der Waals surface area contributed by atoms with Crippen molar-refractivity contribution in [1.82, 2.24) is 9.13 Å². The van der Waals surface area contributed by atoms with Gasteiger partial charge in [0, 0.05) is 24.6 Å². The average molecular weight is 439 g/mol. The summed E-state index contributed by atoms with van der Waals surface area (Å²) in [6, 6.07) is 1.66. The summed E-state index contributed by atoms with van der Waals surface area (Å²) in [5, 5.41) is -0.324. The van der Waals surface area contributed by atoms with E-state index < -0.39 is 40.6 Å². The van der Waals surface area contributed by atoms with Gasteiger partial charge in [0.25, 0.3) is 5.56 Å². The van der Waals surface area contributed by atoms with Gasteiger partial charge in [-0.25, -0.2) is 18.5 Å². The van der Waals surface area contributed by atoms with E-state index in [-0.39, 0.29) is 31.9 Å². The fraction of sp³-hybridized carbons (Fsp3) is 0.312. The van der Waals surface area contributed by atoms with Crippen LogP contribution in [0.15, 0.2) is 27.8 Å². The third kappa shape index (κ3) is 3.68. The maximum atomic E-state index is 14.4. The SMILES string of the molecule is Cn1c(C(F)(F)F)cc(=O)n(-c2cc(C(=O)OC3CSC3)c(Cl)cc2F)c1=O. The zero-order valence-electron chi connectivity index (χ0n) is 14.0. The van der Waals surface area contributed by atoms with Crippen LogP contribution in [0.2, 0.25) is 5.02 Å². The number of hydrogen-bond acceptors (Lipinski definition) is 5. The summed E-state index contributed by atoms with van der Waals surface area (Å²) in [7, 11) is 0.790. The molecule has 150 valence electrons. The van der Waals surface area contributed by atoms with Crippen molar-refractivity contribution in [2.45, 2.75) is 12.3 Å². The Labute approximate surface area is 163 Å². The molecule has 1 fully saturated rings. The van der Waals surface area contributed by atoms with E-state index in [0.29, 0.717) is 17.6 Å². The predicted molar refractivity (Wildman–Crippen MR) is 93.8 cm³/mol. The maximum absolute atomic E-state index is 14.4. The Bertz CT molecular complexity index is 1080. The number of benzene rings is 1. The fourth-order valence-corrected chi connectivity index (χ4v) is 3.27. The van der Waals surface area contributed by atoms with Crippen LogP contribution in [0.1, 0.15) is 16.1 Å². The highest BCUT2D eigenvalue weighted by Crippen LogP contribution is 2.28. The number of carbonyl (C=O) groups is 1. The summed E-state index contributed by atoms with van der Waals surface area (Å²) in [4.78, 5) is 36.7. The molecule has 1 saturated heterocycles. The third-order valence-electron chi connectivity index (χ3n) is 3.99. The summed E-state index contributed by atoms with van der Waals surface area (Å²) >= 11 is 7.41. The first kappa shape index (κ1) is 20.5. The van der Waals surface area contributed by atoms with Gasteiger partial charge in [0.2, 0.25) is 0 Å². The van der Waals surface area contributed by atoms with Crippen LogP contribution in [-0.2, 0) is 18.0 Å². The van der Waals surface area contributed by atoms with Gasteiger partial charge in [-0.15, -0.1) is 0 Å². The molecule has 1 aliphatic rings. The largest absolute Gasteiger partial charge is 0.457 e. The highest BCUT2D eigenvalue weighted by Gasteiger charge is 2.35. The van der Waals surface area contributed by atoms with Crippen molar-refractivity contribution in [2.75, 3.05) is 11.5 Å². The first-order valence-electron chi connectivity index (χ1n) is 7.69. The van der Waals surface area contributed by atoms with E-state index in [9.17, 15) is 31.9 Å². The molecule has 0 N–H and O–H groups in total. The number of thioether (sulfide) groups is 1. The highest BCUT2D eigenvalue weighted by molar-refractivity contribution is 8.00. The van der Waals surface area contributed by atoms with Gasteiger partial charge in [-0.3, -0.25) is 9.36 Å². The summed E-state index contributed by atoms with van der Waals surface area (Å²) in [6.45, 7) is 0. The second kappa shape index (κ2) is 7.28. The molecule has 6 nitrogen and oxygen atoms in total. The first-order valence-corrected chi connectivity index (χ1v) is 9.22. The number of ether oxygens (including phenoxy) is 1. The number of nitrogens with zero attached hydrogens (tertiary/aromatic N) is 2. The van der Waals surface area contributed by atoms with E-state index in [4.69, 9.17) is 16.3 Å². The molecule has 0 bridgehead atoms. The maximum Gasteiger partial charge on any atom is 0.431 e. The minimum absolute atomic E-state index is 0.166. The summed E-state index contributed by atoms with van der Waals surface area (Å²) in [5.74, 6) is -0.903. The molecule has 0 spiro atoms. The van der Waals surface area contributed by atoms with Gasteiger partial charge in [0.05, 0.1) is 16.3 Å². The smallest absolute Gasteiger partial charge is 0.431 e. The monoisotopic (exact) mass is 438 g/mol. The van der Waals surface area contributed by atoms with Crippen LogP contribution in [0.25, 0.3) is 5.69 Å². The van der Waals surface area contributed by atoms with E-state index in [1.54, 1.807) is 11.8 Å². The molecule has 2 aromatic rings. The van der Waals surface area contributed by atoms with Crippen molar-refractivity contribution in [3.63, 3.8) is 0 Å². The molecule has 1 aromatic carbocycles. The molecule has 0 radical (unpaired) electrons. The topological polar surface area (TPSA) is 70.3 Å². The number of halogens is 5. The predicted octanol–water partition coefficient (Wildman–Crippen LogP) is 2.62. The van der Waals surface area contributed by atoms with E-state index in [1.165, 1.54) is 0 Å². The number of alkyl halides is 3. The van der Waals surface area contributed by atoms with E-state index in [0.717, 1.165) is 13.1 Å². The second-order valence-corrected chi connectivity index (χ2v) is 7.37. The molecule has 1 aromatic heterocycles. The number of hydrogen-bond donors (Lipinski definition) is 0. The Hall–Kier alpha value is -2.27. The lowest BCUT2D eigenvalue weighted by molar-refractivity contribution is -0.144. The van der Waals surface area contributed by atoms with Crippen LogP contribution in [0, 0.1) is 5.82 Å². The van der Waals surface area contributed by atoms with Crippen LogP contribution >= 0.6 is 23.4 Å². The van der Waals surface area contributed by atoms with Gasteiger partial charge in [-0.05, 0) is 12.1 Å². The van der Waals surface area contributed by atoms with Gasteiger partial charge in [0.15, 0.2) is 0 Å². The molecule has 3 rings (SSSR count). The third-order valence-corrected chi connectivity index (χ3v) is 5.52. The van der Waals surface area contributed by atoms with E-state index >= 15 is 0 Å². The van der Waals surface area contributed by atoms with Crippen molar-refractivity contribution in [1.29, 1.82) is 0 Å². The Kier molecular flexibility index (Phi) is 5.32. The number of esters is 1. The van der Waals surface area contributed by atoms with E-state index in [2.05, 4.69) is 0 Å². The van der Waals surface area contributed by atoms with Gasteiger partial charge in [-0.2, -0.15) is 24.9 Å². The van der Waals surface area contributed by atoms with Crippen molar-refractivity contribution in [3.05, 3.63) is 61.1 Å². The molecule has 12 heteroatoms. The molecule has 0 amide bonds. The van der Waals surface area contributed by atoms with E-state index in [1.807, 2.05) is 0 Å². The van der Waals surface area contributed by atoms with Gasteiger partial charge >= 0.3 is 17.8 Å². The summed E-state index contributed by atoms with van der Waals surface area (Å²) < 4.78 is 58.7. The number of rotatable bonds is 3. The zero-order valence-corrected chi connectivity index (χ0v) is 15.6. The lowest BCUT2D eigenvalue weighted by Crippen LogP contribution is -2.41. The average Bonchev–Trinajstić information content (AvgIpc) is 2.55. The van der Waals surface area contributed by atoms with Gasteiger partial charge in [0.1, 0.15) is 17.6 Å². The molecular weight excluding hydrogens is 428 g/mol. The molecule has 0 atom stereocenters. The van der Waals surface area contributed by atoms with Crippen LogP contribution in [0.3, 0.4) is 0 Å². The Morgan fingerprint density at radius 3 is 2.43 bits per heavy atom. The Morgan fingerprint density at radius 1 is 1.25 bits per heavy atom. The van der Waals surface area contributed by atoms with Gasteiger partial charge < -0.3 is 4.74 Å². The fourth-order valence-electron chi connectivity index (χ4n) is 2.48. The van der Waals surface area contributed by atoms with Crippen molar-refractivity contribution in [3.8, 4) is 5.69 Å². The van der Waals surface area contributed by atoms with Crippen molar-refractivity contribution in [2.24, 2.45) is 7.05 Å². The minimum atomic E-state index is -4.96. The Balaban J connectivity index is 2.15. The molecule has 0 unspecified atom stereocenters. The summed E-state index contributed by atoms with van der Waals surface area (Å²) in [5.41, 5.74) is -5.36. The lowest BCUT2D eigenvalue weighted by Gasteiger charge is -2.25. The molecule has 2 heterocycles. The second-order valence-electron chi connectivity index (χ2n) is 5.89. The molecule has 0 aliphatic carbocycles. The van der Waals surface area contributed by atoms with Crippen LogP contribution in [-0.4, -0.2) is 32.7 Å². The normalized spacial score (nSPS) is 14.6.